The molecule has 1 heterocycles. The van der Waals surface area contributed by atoms with Crippen LogP contribution in [0.5, 0.6) is 0 Å². The standard InChI is InChI=1S/C16H26N2/c1-13(2)15-8-4-5-9-16(15)17-11-14-7-6-10-18(3)12-14/h4-5,8-9,13-14,17H,6-7,10-12H2,1-3H3. The Hall–Kier alpha value is -1.02. The van der Waals surface area contributed by atoms with Gasteiger partial charge in [-0.05, 0) is 49.9 Å². The predicted octanol–water partition coefficient (Wildman–Crippen LogP) is 3.56. The van der Waals surface area contributed by atoms with E-state index in [9.17, 15) is 0 Å². The van der Waals surface area contributed by atoms with Gasteiger partial charge < -0.3 is 10.2 Å². The van der Waals surface area contributed by atoms with E-state index in [4.69, 9.17) is 0 Å². The lowest BCUT2D eigenvalue weighted by Gasteiger charge is -2.30. The van der Waals surface area contributed by atoms with Crippen molar-refractivity contribution in [2.24, 2.45) is 5.92 Å². The molecule has 0 aliphatic carbocycles. The smallest absolute Gasteiger partial charge is 0.0375 e. The van der Waals surface area contributed by atoms with Crippen LogP contribution in [0.1, 0.15) is 38.2 Å². The van der Waals surface area contributed by atoms with Crippen molar-refractivity contribution in [3.8, 4) is 0 Å². The predicted molar refractivity (Wildman–Crippen MR) is 79.2 cm³/mol. The number of nitrogens with zero attached hydrogens (tertiary/aromatic N) is 1. The Bertz CT molecular complexity index is 373. The number of piperidine rings is 1. The number of benzene rings is 1. The fourth-order valence-corrected chi connectivity index (χ4v) is 2.86. The van der Waals surface area contributed by atoms with Crippen LogP contribution in [-0.2, 0) is 0 Å². The van der Waals surface area contributed by atoms with Gasteiger partial charge in [0.25, 0.3) is 0 Å². The molecular formula is C16H26N2. The first-order chi connectivity index (χ1) is 8.66. The molecular weight excluding hydrogens is 220 g/mol. The maximum Gasteiger partial charge on any atom is 0.0375 e. The van der Waals surface area contributed by atoms with Crippen LogP contribution in [0.4, 0.5) is 5.69 Å². The molecule has 1 aromatic rings. The van der Waals surface area contributed by atoms with Gasteiger partial charge in [-0.2, -0.15) is 0 Å². The van der Waals surface area contributed by atoms with Crippen LogP contribution in [0.25, 0.3) is 0 Å². The monoisotopic (exact) mass is 246 g/mol. The van der Waals surface area contributed by atoms with Crippen LogP contribution in [0.15, 0.2) is 24.3 Å². The molecule has 100 valence electrons. The molecule has 1 atom stereocenters. The number of anilines is 1. The van der Waals surface area contributed by atoms with Crippen LogP contribution < -0.4 is 5.32 Å². The second-order valence-electron chi connectivity index (χ2n) is 5.89. The summed E-state index contributed by atoms with van der Waals surface area (Å²) in [5.41, 5.74) is 2.75. The first kappa shape index (κ1) is 13.4. The Balaban J connectivity index is 1.93. The fourth-order valence-electron chi connectivity index (χ4n) is 2.86. The summed E-state index contributed by atoms with van der Waals surface area (Å²) in [6, 6.07) is 8.71. The van der Waals surface area contributed by atoms with Gasteiger partial charge in [-0.15, -0.1) is 0 Å². The summed E-state index contributed by atoms with van der Waals surface area (Å²) in [7, 11) is 2.23. The summed E-state index contributed by atoms with van der Waals surface area (Å²) in [4.78, 5) is 2.45. The highest BCUT2D eigenvalue weighted by molar-refractivity contribution is 5.52. The molecule has 1 saturated heterocycles. The molecule has 1 aliphatic rings. The van der Waals surface area contributed by atoms with E-state index in [1.165, 1.54) is 37.2 Å². The number of nitrogens with one attached hydrogen (secondary N) is 1. The lowest BCUT2D eigenvalue weighted by molar-refractivity contribution is 0.217. The normalized spacial score (nSPS) is 21.2. The van der Waals surface area contributed by atoms with Crippen molar-refractivity contribution in [3.05, 3.63) is 29.8 Å². The molecule has 0 amide bonds. The second-order valence-corrected chi connectivity index (χ2v) is 5.89. The zero-order chi connectivity index (χ0) is 13.0. The molecule has 2 rings (SSSR count). The van der Waals surface area contributed by atoms with Gasteiger partial charge in [-0.25, -0.2) is 0 Å². The summed E-state index contributed by atoms with van der Waals surface area (Å²) in [5.74, 6) is 1.38. The highest BCUT2D eigenvalue weighted by Crippen LogP contribution is 2.24. The number of para-hydroxylation sites is 1. The number of rotatable bonds is 4. The fraction of sp³-hybridized carbons (Fsp3) is 0.625. The molecule has 2 heteroatoms. The summed E-state index contributed by atoms with van der Waals surface area (Å²) >= 11 is 0. The van der Waals surface area contributed by atoms with E-state index in [1.807, 2.05) is 0 Å². The molecule has 1 fully saturated rings. The average Bonchev–Trinajstić information content (AvgIpc) is 2.37. The quantitative estimate of drug-likeness (QED) is 0.874. The first-order valence-electron chi connectivity index (χ1n) is 7.18. The Morgan fingerprint density at radius 1 is 1.33 bits per heavy atom. The van der Waals surface area contributed by atoms with Crippen LogP contribution in [0, 0.1) is 5.92 Å². The van der Waals surface area contributed by atoms with Gasteiger partial charge in [0.2, 0.25) is 0 Å². The number of hydrogen-bond acceptors (Lipinski definition) is 2. The zero-order valence-corrected chi connectivity index (χ0v) is 11.9. The van der Waals surface area contributed by atoms with E-state index >= 15 is 0 Å². The van der Waals surface area contributed by atoms with Crippen molar-refractivity contribution in [3.63, 3.8) is 0 Å². The van der Waals surface area contributed by atoms with E-state index in [2.05, 4.69) is 55.4 Å². The third-order valence-corrected chi connectivity index (χ3v) is 3.89. The van der Waals surface area contributed by atoms with E-state index in [0.717, 1.165) is 12.5 Å². The van der Waals surface area contributed by atoms with Gasteiger partial charge in [0.05, 0.1) is 0 Å². The molecule has 1 aromatic carbocycles. The highest BCUT2D eigenvalue weighted by Gasteiger charge is 2.17. The number of likely N-dealkylation sites (tertiary alicyclic amines) is 1. The zero-order valence-electron chi connectivity index (χ0n) is 11.9. The van der Waals surface area contributed by atoms with Crippen molar-refractivity contribution < 1.29 is 0 Å². The Labute approximate surface area is 111 Å². The van der Waals surface area contributed by atoms with Gasteiger partial charge in [0.1, 0.15) is 0 Å². The Morgan fingerprint density at radius 3 is 2.83 bits per heavy atom. The molecule has 0 aromatic heterocycles. The van der Waals surface area contributed by atoms with Gasteiger partial charge in [0, 0.05) is 18.8 Å². The van der Waals surface area contributed by atoms with Crippen molar-refractivity contribution in [1.29, 1.82) is 0 Å². The van der Waals surface area contributed by atoms with Crippen LogP contribution in [-0.4, -0.2) is 31.6 Å². The second kappa shape index (κ2) is 6.24. The molecule has 0 bridgehead atoms. The third-order valence-electron chi connectivity index (χ3n) is 3.89. The molecule has 0 spiro atoms. The van der Waals surface area contributed by atoms with E-state index in [1.54, 1.807) is 0 Å². The van der Waals surface area contributed by atoms with Crippen LogP contribution in [0.2, 0.25) is 0 Å². The average molecular weight is 246 g/mol. The van der Waals surface area contributed by atoms with E-state index < -0.39 is 0 Å². The van der Waals surface area contributed by atoms with Gasteiger partial charge in [0.15, 0.2) is 0 Å². The first-order valence-corrected chi connectivity index (χ1v) is 7.18. The summed E-state index contributed by atoms with van der Waals surface area (Å²) < 4.78 is 0. The largest absolute Gasteiger partial charge is 0.384 e. The van der Waals surface area contributed by atoms with Crippen molar-refractivity contribution >= 4 is 5.69 Å². The lowest BCUT2D eigenvalue weighted by Crippen LogP contribution is -2.35. The van der Waals surface area contributed by atoms with Crippen LogP contribution in [0.3, 0.4) is 0 Å². The van der Waals surface area contributed by atoms with Crippen LogP contribution >= 0.6 is 0 Å². The molecule has 1 N–H and O–H groups in total. The van der Waals surface area contributed by atoms with E-state index in [-0.39, 0.29) is 0 Å². The van der Waals surface area contributed by atoms with Gasteiger partial charge in [-0.3, -0.25) is 0 Å². The molecule has 18 heavy (non-hydrogen) atoms. The minimum absolute atomic E-state index is 0.586. The summed E-state index contributed by atoms with van der Waals surface area (Å²) in [6.07, 6.45) is 2.70. The summed E-state index contributed by atoms with van der Waals surface area (Å²) in [5, 5.41) is 3.66. The maximum absolute atomic E-state index is 3.66. The molecule has 2 nitrogen and oxygen atoms in total. The maximum atomic E-state index is 3.66. The highest BCUT2D eigenvalue weighted by atomic mass is 15.1. The molecule has 0 radical (unpaired) electrons. The van der Waals surface area contributed by atoms with Crippen molar-refractivity contribution in [1.82, 2.24) is 4.90 Å². The van der Waals surface area contributed by atoms with Crippen molar-refractivity contribution in [2.75, 3.05) is 32.0 Å². The Morgan fingerprint density at radius 2 is 2.11 bits per heavy atom. The summed E-state index contributed by atoms with van der Waals surface area (Å²) in [6.45, 7) is 8.12. The SMILES string of the molecule is CC(C)c1ccccc1NCC1CCCN(C)C1. The van der Waals surface area contributed by atoms with Crippen molar-refractivity contribution in [2.45, 2.75) is 32.6 Å². The molecule has 1 aliphatic heterocycles. The molecule has 1 unspecified atom stereocenters. The number of hydrogen-bond donors (Lipinski definition) is 1. The van der Waals surface area contributed by atoms with E-state index in [0.29, 0.717) is 5.92 Å². The lowest BCUT2D eigenvalue weighted by atomic mass is 9.97. The third kappa shape index (κ3) is 3.49. The topological polar surface area (TPSA) is 15.3 Å². The minimum Gasteiger partial charge on any atom is -0.384 e. The van der Waals surface area contributed by atoms with Gasteiger partial charge >= 0.3 is 0 Å². The minimum atomic E-state index is 0.586. The molecule has 0 saturated carbocycles. The van der Waals surface area contributed by atoms with Gasteiger partial charge in [-0.1, -0.05) is 32.0 Å². The Kier molecular flexibility index (Phi) is 4.65.